The van der Waals surface area contributed by atoms with Gasteiger partial charge < -0.3 is 9.13 Å². The van der Waals surface area contributed by atoms with Gasteiger partial charge in [-0.05, 0) is 128 Å². The van der Waals surface area contributed by atoms with E-state index < -0.39 is 0 Å². The van der Waals surface area contributed by atoms with Crippen LogP contribution in [-0.2, 0) is 0 Å². The van der Waals surface area contributed by atoms with Crippen molar-refractivity contribution in [2.24, 2.45) is 0 Å². The zero-order valence-corrected chi connectivity index (χ0v) is 40.7. The Morgan fingerprint density at radius 3 is 1.25 bits per heavy atom. The summed E-state index contributed by atoms with van der Waals surface area (Å²) in [6.45, 7) is 8.77. The van der Waals surface area contributed by atoms with Crippen LogP contribution in [0.1, 0.15) is 22.3 Å². The van der Waals surface area contributed by atoms with Crippen molar-refractivity contribution in [1.82, 2.24) is 19.1 Å². The molecule has 0 spiro atoms. The molecule has 0 radical (unpaired) electrons. The van der Waals surface area contributed by atoms with Crippen LogP contribution >= 0.6 is 0 Å². The van der Waals surface area contributed by atoms with Gasteiger partial charge in [0.25, 0.3) is 0 Å². The van der Waals surface area contributed by atoms with Gasteiger partial charge in [0.15, 0.2) is 5.82 Å². The molecule has 3 heterocycles. The van der Waals surface area contributed by atoms with Crippen LogP contribution in [-0.4, -0.2) is 19.1 Å². The number of aromatic nitrogens is 4. The summed E-state index contributed by atoms with van der Waals surface area (Å²) >= 11 is 0. The van der Waals surface area contributed by atoms with E-state index in [1.54, 1.807) is 0 Å². The van der Waals surface area contributed by atoms with Crippen LogP contribution in [0.2, 0.25) is 0 Å². The maximum Gasteiger partial charge on any atom is 0.160 e. The average Bonchev–Trinajstić information content (AvgIpc) is 3.93. The van der Waals surface area contributed by atoms with Crippen LogP contribution in [0.4, 0.5) is 0 Å². The second kappa shape index (κ2) is 17.4. The Hall–Kier alpha value is -9.12. The van der Waals surface area contributed by atoms with Crippen LogP contribution in [0.5, 0.6) is 0 Å². The van der Waals surface area contributed by atoms with Gasteiger partial charge in [0.05, 0.1) is 44.8 Å². The molecule has 0 saturated heterocycles. The third-order valence-electron chi connectivity index (χ3n) is 14.5. The van der Waals surface area contributed by atoms with Crippen molar-refractivity contribution in [3.63, 3.8) is 0 Å². The zero-order valence-electron chi connectivity index (χ0n) is 40.7. The Labute approximate surface area is 419 Å². The highest BCUT2D eigenvalue weighted by Gasteiger charge is 2.23. The molecule has 72 heavy (non-hydrogen) atoms. The van der Waals surface area contributed by atoms with Gasteiger partial charge in [-0.1, -0.05) is 175 Å². The van der Waals surface area contributed by atoms with Crippen molar-refractivity contribution < 1.29 is 0 Å². The lowest BCUT2D eigenvalue weighted by Gasteiger charge is -2.20. The molecule has 13 aromatic rings. The molecule has 0 saturated carbocycles. The van der Waals surface area contributed by atoms with Gasteiger partial charge in [0, 0.05) is 49.4 Å². The summed E-state index contributed by atoms with van der Waals surface area (Å²) < 4.78 is 4.93. The molecule has 0 aliphatic carbocycles. The Bertz CT molecular complexity index is 4030. The highest BCUT2D eigenvalue weighted by molar-refractivity contribution is 6.13. The van der Waals surface area contributed by atoms with Crippen LogP contribution in [0.25, 0.3) is 122 Å². The summed E-state index contributed by atoms with van der Waals surface area (Å²) in [5.74, 6) is 0.663. The number of rotatable bonds is 8. The molecule has 10 aromatic carbocycles. The van der Waals surface area contributed by atoms with E-state index in [9.17, 15) is 0 Å². The molecule has 342 valence electrons. The summed E-state index contributed by atoms with van der Waals surface area (Å²) in [5, 5.41) is 4.84. The largest absolute Gasteiger partial charge is 0.309 e. The van der Waals surface area contributed by atoms with Crippen molar-refractivity contribution in [2.45, 2.75) is 27.7 Å². The van der Waals surface area contributed by atoms with E-state index in [4.69, 9.17) is 9.97 Å². The van der Waals surface area contributed by atoms with Crippen molar-refractivity contribution in [3.05, 3.63) is 253 Å². The Morgan fingerprint density at radius 2 is 0.722 bits per heavy atom. The van der Waals surface area contributed by atoms with E-state index >= 15 is 0 Å². The highest BCUT2D eigenvalue weighted by Crippen LogP contribution is 2.44. The van der Waals surface area contributed by atoms with E-state index in [-0.39, 0.29) is 0 Å². The third kappa shape index (κ3) is 7.30. The minimum Gasteiger partial charge on any atom is -0.309 e. The Kier molecular flexibility index (Phi) is 10.4. The van der Waals surface area contributed by atoms with E-state index in [2.05, 4.69) is 255 Å². The summed E-state index contributed by atoms with van der Waals surface area (Å²) in [7, 11) is 0. The van der Waals surface area contributed by atoms with Gasteiger partial charge in [-0.3, -0.25) is 0 Å². The van der Waals surface area contributed by atoms with Gasteiger partial charge in [-0.25, -0.2) is 9.97 Å². The SMILES string of the molecule is Cc1ccc(-c2ccc3c(c2)c2cc(-c4ccc(C)cc4C)ccc2n3-c2ccc(-c3nc(-c4ccccc4)cc(-c4ccccc4)n3)cc2-c2ccccc2-n2c3ccccc3c3ccccc32)c(C)c1. The second-order valence-corrected chi connectivity index (χ2v) is 19.2. The first-order valence-electron chi connectivity index (χ1n) is 24.8. The monoisotopic (exact) mass is 922 g/mol. The number of benzene rings is 10. The topological polar surface area (TPSA) is 35.6 Å². The first kappa shape index (κ1) is 42.9. The Morgan fingerprint density at radius 1 is 0.278 bits per heavy atom. The second-order valence-electron chi connectivity index (χ2n) is 19.2. The average molecular weight is 923 g/mol. The fourth-order valence-electron chi connectivity index (χ4n) is 11.1. The molecule has 0 fully saturated rings. The van der Waals surface area contributed by atoms with Crippen LogP contribution < -0.4 is 0 Å². The van der Waals surface area contributed by atoms with Gasteiger partial charge in [0.1, 0.15) is 0 Å². The summed E-state index contributed by atoms with van der Waals surface area (Å²) in [5.41, 5.74) is 23.6. The number of hydrogen-bond acceptors (Lipinski definition) is 2. The maximum absolute atomic E-state index is 5.36. The minimum absolute atomic E-state index is 0.663. The van der Waals surface area contributed by atoms with Crippen LogP contribution in [0.3, 0.4) is 0 Å². The smallest absolute Gasteiger partial charge is 0.160 e. The van der Waals surface area contributed by atoms with Crippen LogP contribution in [0, 0.1) is 27.7 Å². The summed E-state index contributed by atoms with van der Waals surface area (Å²) in [6.07, 6.45) is 0. The van der Waals surface area contributed by atoms with Crippen LogP contribution in [0.15, 0.2) is 231 Å². The van der Waals surface area contributed by atoms with Gasteiger partial charge in [-0.2, -0.15) is 0 Å². The summed E-state index contributed by atoms with van der Waals surface area (Å²) in [6, 6.07) is 83.8. The number of fused-ring (bicyclic) bond motifs is 6. The number of para-hydroxylation sites is 3. The quantitative estimate of drug-likeness (QED) is 0.152. The fourth-order valence-corrected chi connectivity index (χ4v) is 11.1. The van der Waals surface area contributed by atoms with Gasteiger partial charge in [0.2, 0.25) is 0 Å². The molecule has 4 nitrogen and oxygen atoms in total. The predicted molar refractivity (Wildman–Crippen MR) is 302 cm³/mol. The Balaban J connectivity index is 1.11. The number of hydrogen-bond donors (Lipinski definition) is 0. The van der Waals surface area contributed by atoms with E-state index in [0.29, 0.717) is 5.82 Å². The fraction of sp³-hybridized carbons (Fsp3) is 0.0588. The molecule has 0 aliphatic heterocycles. The zero-order chi connectivity index (χ0) is 48.5. The third-order valence-corrected chi connectivity index (χ3v) is 14.5. The molecule has 0 amide bonds. The minimum atomic E-state index is 0.663. The lowest BCUT2D eigenvalue weighted by Crippen LogP contribution is -2.03. The highest BCUT2D eigenvalue weighted by atomic mass is 15.0. The molecule has 0 N–H and O–H groups in total. The maximum atomic E-state index is 5.36. The lowest BCUT2D eigenvalue weighted by atomic mass is 9.95. The molecule has 13 rings (SSSR count). The van der Waals surface area contributed by atoms with Crippen molar-refractivity contribution >= 4 is 43.6 Å². The lowest BCUT2D eigenvalue weighted by molar-refractivity contribution is 1.15. The first-order valence-corrected chi connectivity index (χ1v) is 24.8. The van der Waals surface area contributed by atoms with Gasteiger partial charge in [-0.15, -0.1) is 0 Å². The molecule has 0 bridgehead atoms. The number of aryl methyl sites for hydroxylation is 4. The molecule has 4 heteroatoms. The molecular formula is C68H50N4. The molecule has 0 aliphatic rings. The van der Waals surface area contributed by atoms with Crippen molar-refractivity contribution in [3.8, 4) is 78.7 Å². The summed E-state index contributed by atoms with van der Waals surface area (Å²) in [4.78, 5) is 10.7. The van der Waals surface area contributed by atoms with E-state index in [1.807, 2.05) is 12.1 Å². The standard InChI is InChI=1S/C68H50N4/c1-43-27-32-52(45(3)37-43)49-29-34-66-58(39-49)59-40-50(53-33-28-44(2)38-46(53)4)30-35-67(59)72(66)65-36-31-51(68-69-60(47-17-7-5-8-18-47)42-61(70-68)48-19-9-6-10-20-48)41-57(65)56-23-13-16-26-64(56)71-62-24-14-11-21-54(62)55-22-12-15-25-63(55)71/h5-42H,1-4H3. The molecule has 3 aromatic heterocycles. The normalized spacial score (nSPS) is 11.6. The molecule has 0 unspecified atom stereocenters. The number of nitrogens with zero attached hydrogens (tertiary/aromatic N) is 4. The van der Waals surface area contributed by atoms with Gasteiger partial charge >= 0.3 is 0 Å². The van der Waals surface area contributed by atoms with E-state index in [0.717, 1.165) is 72.6 Å². The molecule has 0 atom stereocenters. The van der Waals surface area contributed by atoms with E-state index in [1.165, 1.54) is 66.1 Å². The predicted octanol–water partition coefficient (Wildman–Crippen LogP) is 17.9. The first-order chi connectivity index (χ1) is 35.3. The van der Waals surface area contributed by atoms with Crippen molar-refractivity contribution in [2.75, 3.05) is 0 Å². The van der Waals surface area contributed by atoms with Crippen molar-refractivity contribution in [1.29, 1.82) is 0 Å². The molecular weight excluding hydrogens is 873 g/mol.